The minimum atomic E-state index is -0.0174. The van der Waals surface area contributed by atoms with Crippen LogP contribution in [0.2, 0.25) is 0 Å². The molecular formula is C20H24N2O. The van der Waals surface area contributed by atoms with E-state index in [4.69, 9.17) is 0 Å². The van der Waals surface area contributed by atoms with E-state index in [-0.39, 0.29) is 11.4 Å². The summed E-state index contributed by atoms with van der Waals surface area (Å²) < 4.78 is 0. The van der Waals surface area contributed by atoms with Crippen LogP contribution in [0.25, 0.3) is 0 Å². The maximum Gasteiger partial charge on any atom is 0.322 e. The Labute approximate surface area is 138 Å². The minimum absolute atomic E-state index is 0.00162. The molecule has 3 nitrogen and oxygen atoms in total. The van der Waals surface area contributed by atoms with Gasteiger partial charge in [0.25, 0.3) is 0 Å². The molecule has 0 fully saturated rings. The summed E-state index contributed by atoms with van der Waals surface area (Å²) in [7, 11) is 0. The molecule has 0 bridgehead atoms. The maximum atomic E-state index is 12.7. The molecule has 0 aliphatic carbocycles. The summed E-state index contributed by atoms with van der Waals surface area (Å²) in [6.07, 6.45) is 0.921. The highest BCUT2D eigenvalue weighted by atomic mass is 16.2. The second kappa shape index (κ2) is 6.07. The van der Waals surface area contributed by atoms with Gasteiger partial charge in [-0.15, -0.1) is 0 Å². The zero-order valence-electron chi connectivity index (χ0n) is 14.1. The molecule has 0 aromatic heterocycles. The minimum Gasteiger partial charge on any atom is -0.320 e. The standard InChI is InChI=1S/C20H24N2O/c1-20(2,3)17-10-6-7-11-18(17)21-19(23)22-13-12-15-8-4-5-9-16(15)14-22/h4-11H,12-14H2,1-3H3,(H,21,23). The summed E-state index contributed by atoms with van der Waals surface area (Å²) in [4.78, 5) is 14.6. The van der Waals surface area contributed by atoms with Crippen molar-refractivity contribution in [1.29, 1.82) is 0 Å². The predicted molar refractivity (Wildman–Crippen MR) is 94.7 cm³/mol. The molecule has 2 aromatic carbocycles. The van der Waals surface area contributed by atoms with Gasteiger partial charge in [0.15, 0.2) is 0 Å². The molecule has 0 radical (unpaired) electrons. The fourth-order valence-corrected chi connectivity index (χ4v) is 3.11. The Kier molecular flexibility index (Phi) is 4.12. The number of hydrogen-bond donors (Lipinski definition) is 1. The molecule has 23 heavy (non-hydrogen) atoms. The average molecular weight is 308 g/mol. The molecule has 0 atom stereocenters. The first-order valence-electron chi connectivity index (χ1n) is 8.17. The highest BCUT2D eigenvalue weighted by Crippen LogP contribution is 2.29. The lowest BCUT2D eigenvalue weighted by atomic mass is 9.86. The molecule has 2 aromatic rings. The van der Waals surface area contributed by atoms with Gasteiger partial charge in [0.05, 0.1) is 0 Å². The molecule has 120 valence electrons. The molecule has 3 rings (SSSR count). The normalized spacial score (nSPS) is 14.3. The van der Waals surface area contributed by atoms with Crippen molar-refractivity contribution in [2.45, 2.75) is 39.2 Å². The molecule has 1 N–H and O–H groups in total. The van der Waals surface area contributed by atoms with E-state index in [9.17, 15) is 4.79 Å². The Morgan fingerprint density at radius 3 is 2.39 bits per heavy atom. The highest BCUT2D eigenvalue weighted by molar-refractivity contribution is 5.90. The summed E-state index contributed by atoms with van der Waals surface area (Å²) >= 11 is 0. The van der Waals surface area contributed by atoms with Crippen molar-refractivity contribution < 1.29 is 4.79 Å². The third-order valence-electron chi connectivity index (χ3n) is 4.39. The lowest BCUT2D eigenvalue weighted by molar-refractivity contribution is 0.206. The number of hydrogen-bond acceptors (Lipinski definition) is 1. The zero-order chi connectivity index (χ0) is 16.4. The van der Waals surface area contributed by atoms with Crippen molar-refractivity contribution in [3.8, 4) is 0 Å². The number of carbonyl (C=O) groups is 1. The number of para-hydroxylation sites is 1. The van der Waals surface area contributed by atoms with E-state index >= 15 is 0 Å². The first kappa shape index (κ1) is 15.6. The number of fused-ring (bicyclic) bond motifs is 1. The Balaban J connectivity index is 1.76. The van der Waals surface area contributed by atoms with E-state index in [1.165, 1.54) is 11.1 Å². The smallest absolute Gasteiger partial charge is 0.320 e. The number of carbonyl (C=O) groups excluding carboxylic acids is 1. The first-order valence-corrected chi connectivity index (χ1v) is 8.17. The Bertz CT molecular complexity index is 716. The second-order valence-electron chi connectivity index (χ2n) is 7.17. The molecule has 2 amide bonds. The molecular weight excluding hydrogens is 284 g/mol. The topological polar surface area (TPSA) is 32.3 Å². The monoisotopic (exact) mass is 308 g/mol. The predicted octanol–water partition coefficient (Wildman–Crippen LogP) is 4.57. The number of nitrogens with zero attached hydrogens (tertiary/aromatic N) is 1. The van der Waals surface area contributed by atoms with Gasteiger partial charge in [-0.2, -0.15) is 0 Å². The second-order valence-corrected chi connectivity index (χ2v) is 7.17. The first-order chi connectivity index (χ1) is 10.9. The lowest BCUT2D eigenvalue weighted by Crippen LogP contribution is -2.39. The molecule has 1 heterocycles. The van der Waals surface area contributed by atoms with Crippen LogP contribution >= 0.6 is 0 Å². The van der Waals surface area contributed by atoms with Crippen LogP contribution in [0, 0.1) is 0 Å². The fraction of sp³-hybridized carbons (Fsp3) is 0.350. The van der Waals surface area contributed by atoms with Gasteiger partial charge < -0.3 is 10.2 Å². The van der Waals surface area contributed by atoms with Crippen LogP contribution in [0.4, 0.5) is 10.5 Å². The van der Waals surface area contributed by atoms with Crippen molar-refractivity contribution in [3.63, 3.8) is 0 Å². The number of rotatable bonds is 1. The van der Waals surface area contributed by atoms with E-state index in [0.29, 0.717) is 6.54 Å². The number of urea groups is 1. The molecule has 0 saturated heterocycles. The van der Waals surface area contributed by atoms with Gasteiger partial charge in [0, 0.05) is 18.8 Å². The van der Waals surface area contributed by atoms with Crippen LogP contribution in [-0.4, -0.2) is 17.5 Å². The van der Waals surface area contributed by atoms with E-state index in [2.05, 4.69) is 50.4 Å². The number of amides is 2. The molecule has 0 spiro atoms. The van der Waals surface area contributed by atoms with Crippen LogP contribution in [-0.2, 0) is 18.4 Å². The SMILES string of the molecule is CC(C)(C)c1ccccc1NC(=O)N1CCc2ccccc2C1. The number of nitrogens with one attached hydrogen (secondary N) is 1. The van der Waals surface area contributed by atoms with Crippen molar-refractivity contribution in [2.24, 2.45) is 0 Å². The van der Waals surface area contributed by atoms with Gasteiger partial charge in [-0.05, 0) is 34.6 Å². The van der Waals surface area contributed by atoms with Crippen LogP contribution in [0.15, 0.2) is 48.5 Å². The molecule has 3 heteroatoms. The van der Waals surface area contributed by atoms with E-state index in [1.54, 1.807) is 0 Å². The van der Waals surface area contributed by atoms with Crippen molar-refractivity contribution >= 4 is 11.7 Å². The van der Waals surface area contributed by atoms with Crippen molar-refractivity contribution in [1.82, 2.24) is 4.90 Å². The average Bonchev–Trinajstić information content (AvgIpc) is 2.54. The van der Waals surface area contributed by atoms with E-state index < -0.39 is 0 Å². The molecule has 1 aliphatic rings. The zero-order valence-corrected chi connectivity index (χ0v) is 14.1. The van der Waals surface area contributed by atoms with Crippen molar-refractivity contribution in [2.75, 3.05) is 11.9 Å². The van der Waals surface area contributed by atoms with Gasteiger partial charge in [0.1, 0.15) is 0 Å². The van der Waals surface area contributed by atoms with E-state index in [1.807, 2.05) is 29.2 Å². The largest absolute Gasteiger partial charge is 0.322 e. The Morgan fingerprint density at radius 2 is 1.65 bits per heavy atom. The molecule has 1 aliphatic heterocycles. The number of anilines is 1. The van der Waals surface area contributed by atoms with Gasteiger partial charge in [-0.1, -0.05) is 63.2 Å². The third-order valence-corrected chi connectivity index (χ3v) is 4.39. The van der Waals surface area contributed by atoms with Crippen LogP contribution in [0.5, 0.6) is 0 Å². The summed E-state index contributed by atoms with van der Waals surface area (Å²) in [6, 6.07) is 16.4. The summed E-state index contributed by atoms with van der Waals surface area (Å²) in [5.41, 5.74) is 4.66. The van der Waals surface area contributed by atoms with Crippen LogP contribution in [0.1, 0.15) is 37.5 Å². The Hall–Kier alpha value is -2.29. The van der Waals surface area contributed by atoms with Gasteiger partial charge in [-0.3, -0.25) is 0 Å². The third kappa shape index (κ3) is 3.39. The van der Waals surface area contributed by atoms with Crippen LogP contribution in [0.3, 0.4) is 0 Å². The maximum absolute atomic E-state index is 12.7. The highest BCUT2D eigenvalue weighted by Gasteiger charge is 2.23. The van der Waals surface area contributed by atoms with Crippen LogP contribution < -0.4 is 5.32 Å². The molecule has 0 saturated carbocycles. The Morgan fingerprint density at radius 1 is 1.00 bits per heavy atom. The van der Waals surface area contributed by atoms with Gasteiger partial charge >= 0.3 is 6.03 Å². The van der Waals surface area contributed by atoms with Gasteiger partial charge in [-0.25, -0.2) is 4.79 Å². The van der Waals surface area contributed by atoms with Crippen molar-refractivity contribution in [3.05, 3.63) is 65.2 Å². The lowest BCUT2D eigenvalue weighted by Gasteiger charge is -2.30. The summed E-state index contributed by atoms with van der Waals surface area (Å²) in [6.45, 7) is 7.93. The van der Waals surface area contributed by atoms with Gasteiger partial charge in [0.2, 0.25) is 0 Å². The quantitative estimate of drug-likeness (QED) is 0.822. The fourth-order valence-electron chi connectivity index (χ4n) is 3.11. The molecule has 0 unspecified atom stereocenters. The summed E-state index contributed by atoms with van der Waals surface area (Å²) in [5, 5.41) is 3.10. The number of benzene rings is 2. The summed E-state index contributed by atoms with van der Waals surface area (Å²) in [5.74, 6) is 0. The van der Waals surface area contributed by atoms with E-state index in [0.717, 1.165) is 24.2 Å².